The number of carbonyl (C=O) groups is 1. The number of morpholine rings is 1. The Kier molecular flexibility index (Phi) is 6.18. The molecule has 1 saturated heterocycles. The van der Waals surface area contributed by atoms with E-state index in [0.29, 0.717) is 29.9 Å². The van der Waals surface area contributed by atoms with E-state index in [2.05, 4.69) is 20.2 Å². The van der Waals surface area contributed by atoms with E-state index in [4.69, 9.17) is 16.3 Å². The maximum atomic E-state index is 13.3. The molecule has 152 valence electrons. The summed E-state index contributed by atoms with van der Waals surface area (Å²) in [5.41, 5.74) is 2.15. The molecule has 0 unspecified atom stereocenters. The second-order valence-electron chi connectivity index (χ2n) is 7.12. The number of nitrogens with zero attached hydrogens (tertiary/aromatic N) is 3. The normalized spacial score (nSPS) is 17.9. The van der Waals surface area contributed by atoms with Crippen molar-refractivity contribution in [1.82, 2.24) is 9.88 Å². The summed E-state index contributed by atoms with van der Waals surface area (Å²) in [5.74, 6) is 0.960. The lowest BCUT2D eigenvalue weighted by Crippen LogP contribution is -2.37. The first-order valence-corrected chi connectivity index (χ1v) is 10.0. The van der Waals surface area contributed by atoms with E-state index in [-0.39, 0.29) is 17.2 Å². The fourth-order valence-corrected chi connectivity index (χ4v) is 3.77. The summed E-state index contributed by atoms with van der Waals surface area (Å²) in [6, 6.07) is 6.08. The van der Waals surface area contributed by atoms with Crippen LogP contribution in [0.3, 0.4) is 0 Å². The lowest BCUT2D eigenvalue weighted by Gasteiger charge is -2.25. The number of pyridine rings is 1. The molecule has 2 aliphatic rings. The largest absolute Gasteiger partial charge is 0.379 e. The Labute approximate surface area is 173 Å². The Hall–Kier alpha value is -2.35. The van der Waals surface area contributed by atoms with Gasteiger partial charge in [0.25, 0.3) is 0 Å². The Balaban J connectivity index is 1.41. The van der Waals surface area contributed by atoms with Gasteiger partial charge in [-0.2, -0.15) is 0 Å². The summed E-state index contributed by atoms with van der Waals surface area (Å²) >= 11 is 5.83. The van der Waals surface area contributed by atoms with E-state index in [0.717, 1.165) is 44.2 Å². The molecule has 29 heavy (non-hydrogen) atoms. The number of amidine groups is 1. The molecule has 1 fully saturated rings. The van der Waals surface area contributed by atoms with Crippen LogP contribution in [0.1, 0.15) is 21.5 Å². The number of ether oxygens (including phenoxy) is 1. The second kappa shape index (κ2) is 8.98. The van der Waals surface area contributed by atoms with E-state index in [1.54, 1.807) is 18.3 Å². The minimum absolute atomic E-state index is 0.0200. The fraction of sp³-hybridized carbons (Fsp3) is 0.381. The zero-order valence-corrected chi connectivity index (χ0v) is 16.7. The summed E-state index contributed by atoms with van der Waals surface area (Å²) in [6.45, 7) is 4.99. The molecule has 8 heteroatoms. The average molecular weight is 417 g/mol. The Bertz CT molecular complexity index is 944. The standard InChI is InChI=1S/C21H22ClFN4O2/c22-17-11-14(1-2-18(17)23)12-19(28)15-3-4-25-21-16(15)13-20(26-21)24-5-6-27-7-9-29-10-8-27/h1-4,11H,5-10,12-13H2,(H,24,25,26). The highest BCUT2D eigenvalue weighted by Crippen LogP contribution is 2.26. The summed E-state index contributed by atoms with van der Waals surface area (Å²) < 4.78 is 18.7. The zero-order valence-electron chi connectivity index (χ0n) is 16.0. The third-order valence-electron chi connectivity index (χ3n) is 5.13. The first kappa shape index (κ1) is 19.9. The van der Waals surface area contributed by atoms with Crippen LogP contribution in [-0.2, 0) is 17.6 Å². The molecule has 2 aliphatic heterocycles. The summed E-state index contributed by atoms with van der Waals surface area (Å²) in [6.07, 6.45) is 2.32. The molecule has 0 amide bonds. The van der Waals surface area contributed by atoms with Crippen molar-refractivity contribution >= 4 is 29.0 Å². The van der Waals surface area contributed by atoms with E-state index in [1.165, 1.54) is 12.1 Å². The number of hydrogen-bond donors (Lipinski definition) is 1. The third-order valence-corrected chi connectivity index (χ3v) is 5.42. The zero-order chi connectivity index (χ0) is 20.2. The monoisotopic (exact) mass is 416 g/mol. The van der Waals surface area contributed by atoms with Gasteiger partial charge in [-0.05, 0) is 23.8 Å². The van der Waals surface area contributed by atoms with Gasteiger partial charge in [-0.25, -0.2) is 9.37 Å². The van der Waals surface area contributed by atoms with E-state index < -0.39 is 5.82 Å². The maximum absolute atomic E-state index is 13.3. The number of hydrogen-bond acceptors (Lipinski definition) is 5. The molecule has 0 atom stereocenters. The summed E-state index contributed by atoms with van der Waals surface area (Å²) in [4.78, 5) is 24.2. The van der Waals surface area contributed by atoms with Crippen LogP contribution >= 0.6 is 11.6 Å². The lowest BCUT2D eigenvalue weighted by atomic mass is 9.99. The number of Topliss-reactive ketones (excluding diaryl/α,β-unsaturated/α-hetero) is 1. The molecule has 0 radical (unpaired) electrons. The van der Waals surface area contributed by atoms with Crippen LogP contribution < -0.4 is 5.32 Å². The third kappa shape index (κ3) is 4.80. The van der Waals surface area contributed by atoms with Gasteiger partial charge in [0, 0.05) is 49.8 Å². The molecule has 0 spiro atoms. The topological polar surface area (TPSA) is 66.8 Å². The van der Waals surface area contributed by atoms with Crippen molar-refractivity contribution in [3.63, 3.8) is 0 Å². The highest BCUT2D eigenvalue weighted by Gasteiger charge is 2.24. The van der Waals surface area contributed by atoms with E-state index in [9.17, 15) is 9.18 Å². The van der Waals surface area contributed by atoms with Crippen molar-refractivity contribution in [2.45, 2.75) is 12.8 Å². The van der Waals surface area contributed by atoms with Crippen molar-refractivity contribution in [2.24, 2.45) is 4.99 Å². The van der Waals surface area contributed by atoms with Crippen LogP contribution in [0.4, 0.5) is 10.2 Å². The molecule has 6 nitrogen and oxygen atoms in total. The van der Waals surface area contributed by atoms with Crippen molar-refractivity contribution in [2.75, 3.05) is 44.7 Å². The van der Waals surface area contributed by atoms with Gasteiger partial charge in [0.15, 0.2) is 5.78 Å². The number of ketones is 1. The average Bonchev–Trinajstić information content (AvgIpc) is 3.14. The first-order chi connectivity index (χ1) is 14.1. The first-order valence-electron chi connectivity index (χ1n) is 9.65. The SMILES string of the molecule is O=C(Cc1ccc(F)c(Cl)c1)c1ccnc2c1CC(=NCCN1CCOCC1)N2. The van der Waals surface area contributed by atoms with Gasteiger partial charge >= 0.3 is 0 Å². The van der Waals surface area contributed by atoms with Gasteiger partial charge in [-0.3, -0.25) is 14.7 Å². The van der Waals surface area contributed by atoms with Gasteiger partial charge in [-0.1, -0.05) is 17.7 Å². The van der Waals surface area contributed by atoms with Crippen LogP contribution in [-0.4, -0.2) is 60.9 Å². The van der Waals surface area contributed by atoms with Crippen LogP contribution in [0.5, 0.6) is 0 Å². The predicted octanol–water partition coefficient (Wildman–Crippen LogP) is 3.00. The van der Waals surface area contributed by atoms with Crippen molar-refractivity contribution in [3.8, 4) is 0 Å². The smallest absolute Gasteiger partial charge is 0.167 e. The molecule has 4 rings (SSSR count). The number of carbonyl (C=O) groups excluding carboxylic acids is 1. The van der Waals surface area contributed by atoms with Gasteiger partial charge in [0.05, 0.1) is 24.8 Å². The highest BCUT2D eigenvalue weighted by molar-refractivity contribution is 6.30. The van der Waals surface area contributed by atoms with Crippen molar-refractivity contribution < 1.29 is 13.9 Å². The molecular weight excluding hydrogens is 395 g/mol. The summed E-state index contributed by atoms with van der Waals surface area (Å²) in [7, 11) is 0. The lowest BCUT2D eigenvalue weighted by molar-refractivity contribution is 0.0394. The molecule has 1 aromatic carbocycles. The number of fused-ring (bicyclic) bond motifs is 1. The van der Waals surface area contributed by atoms with Crippen LogP contribution in [0.25, 0.3) is 0 Å². The molecular formula is C21H22ClFN4O2. The van der Waals surface area contributed by atoms with E-state index >= 15 is 0 Å². The van der Waals surface area contributed by atoms with Crippen LogP contribution in [0.15, 0.2) is 35.5 Å². The molecule has 0 bridgehead atoms. The van der Waals surface area contributed by atoms with Gasteiger partial charge in [0.1, 0.15) is 17.5 Å². The molecule has 2 aromatic rings. The fourth-order valence-electron chi connectivity index (χ4n) is 3.57. The highest BCUT2D eigenvalue weighted by atomic mass is 35.5. The number of benzene rings is 1. The Morgan fingerprint density at radius 3 is 2.93 bits per heavy atom. The Morgan fingerprint density at radius 2 is 2.14 bits per heavy atom. The van der Waals surface area contributed by atoms with E-state index in [1.807, 2.05) is 0 Å². The molecule has 0 aliphatic carbocycles. The Morgan fingerprint density at radius 1 is 1.31 bits per heavy atom. The predicted molar refractivity (Wildman–Crippen MR) is 111 cm³/mol. The molecule has 1 aromatic heterocycles. The molecule has 1 N–H and O–H groups in total. The number of anilines is 1. The van der Waals surface area contributed by atoms with Crippen LogP contribution in [0.2, 0.25) is 5.02 Å². The second-order valence-corrected chi connectivity index (χ2v) is 7.53. The quantitative estimate of drug-likeness (QED) is 0.733. The van der Waals surface area contributed by atoms with Crippen LogP contribution in [0, 0.1) is 5.82 Å². The number of nitrogens with one attached hydrogen (secondary N) is 1. The van der Waals surface area contributed by atoms with Gasteiger partial charge in [0.2, 0.25) is 0 Å². The molecule has 0 saturated carbocycles. The number of aliphatic imine (C=N–C) groups is 1. The van der Waals surface area contributed by atoms with Crippen molar-refractivity contribution in [1.29, 1.82) is 0 Å². The summed E-state index contributed by atoms with van der Waals surface area (Å²) in [5, 5.41) is 3.24. The number of aromatic nitrogens is 1. The van der Waals surface area contributed by atoms with Gasteiger partial charge in [-0.15, -0.1) is 0 Å². The minimum atomic E-state index is -0.491. The minimum Gasteiger partial charge on any atom is -0.379 e. The van der Waals surface area contributed by atoms with Crippen molar-refractivity contribution in [3.05, 3.63) is 58.0 Å². The molecule has 3 heterocycles. The number of halogens is 2. The number of rotatable bonds is 6. The maximum Gasteiger partial charge on any atom is 0.167 e. The van der Waals surface area contributed by atoms with Gasteiger partial charge < -0.3 is 10.1 Å².